The van der Waals surface area contributed by atoms with E-state index in [0.717, 1.165) is 0 Å². The quantitative estimate of drug-likeness (QED) is 0.577. The van der Waals surface area contributed by atoms with E-state index in [-0.39, 0.29) is 25.9 Å². The first kappa shape index (κ1) is 13.3. The molecule has 0 amide bonds. The second-order valence-electron chi connectivity index (χ2n) is 5.30. The lowest BCUT2D eigenvalue weighted by Crippen LogP contribution is -2.62. The summed E-state index contributed by atoms with van der Waals surface area (Å²) in [5, 5.41) is 19.5. The maximum absolute atomic E-state index is 9.87. The number of rotatable bonds is 1. The molecule has 0 aliphatic carbocycles. The Bertz CT molecular complexity index is 275. The van der Waals surface area contributed by atoms with E-state index in [1.165, 1.54) is 0 Å². The summed E-state index contributed by atoms with van der Waals surface area (Å²) in [6.07, 6.45) is -0.365. The fourth-order valence-corrected chi connectivity index (χ4v) is 1.67. The second-order valence-corrected chi connectivity index (χ2v) is 5.30. The standard InChI is InChI=1S/C9H18B2O6/c1-7-9(3,13)6-16-11(17-7)10-14-4-8(2,12)5-15-10/h7,12-13H,4-6H2,1-3H3. The van der Waals surface area contributed by atoms with Crippen LogP contribution in [-0.2, 0) is 18.6 Å². The summed E-state index contributed by atoms with van der Waals surface area (Å²) in [5.74, 6) is 0. The van der Waals surface area contributed by atoms with Gasteiger partial charge in [-0.1, -0.05) is 0 Å². The molecule has 2 unspecified atom stereocenters. The third-order valence-corrected chi connectivity index (χ3v) is 3.09. The van der Waals surface area contributed by atoms with Crippen molar-refractivity contribution in [2.24, 2.45) is 0 Å². The van der Waals surface area contributed by atoms with Crippen LogP contribution in [0.25, 0.3) is 0 Å². The highest BCUT2D eigenvalue weighted by molar-refractivity contribution is 7.10. The molecule has 6 nitrogen and oxygen atoms in total. The summed E-state index contributed by atoms with van der Waals surface area (Å²) < 4.78 is 21.6. The third-order valence-electron chi connectivity index (χ3n) is 3.09. The van der Waals surface area contributed by atoms with Crippen LogP contribution < -0.4 is 0 Å². The molecule has 0 radical (unpaired) electrons. The van der Waals surface area contributed by atoms with Crippen molar-refractivity contribution in [2.45, 2.75) is 38.1 Å². The first-order valence-electron chi connectivity index (χ1n) is 5.75. The zero-order valence-corrected chi connectivity index (χ0v) is 10.4. The van der Waals surface area contributed by atoms with E-state index in [2.05, 4.69) is 0 Å². The van der Waals surface area contributed by atoms with Crippen molar-refractivity contribution in [1.29, 1.82) is 0 Å². The van der Waals surface area contributed by atoms with Crippen LogP contribution in [0, 0.1) is 0 Å². The Balaban J connectivity index is 1.89. The van der Waals surface area contributed by atoms with Gasteiger partial charge in [0.25, 0.3) is 0 Å². The molecule has 2 N–H and O–H groups in total. The maximum Gasteiger partial charge on any atom is 0.488 e. The van der Waals surface area contributed by atoms with E-state index in [1.54, 1.807) is 20.8 Å². The number of hydrogen-bond acceptors (Lipinski definition) is 6. The van der Waals surface area contributed by atoms with E-state index in [0.29, 0.717) is 0 Å². The van der Waals surface area contributed by atoms with Gasteiger partial charge in [0.1, 0.15) is 11.2 Å². The van der Waals surface area contributed by atoms with Crippen molar-refractivity contribution in [3.8, 4) is 0 Å². The molecule has 0 aromatic rings. The Kier molecular flexibility index (Phi) is 3.55. The first-order chi connectivity index (χ1) is 7.80. The minimum Gasteiger partial charge on any atom is -0.410 e. The average Bonchev–Trinajstić information content (AvgIpc) is 2.23. The molecule has 17 heavy (non-hydrogen) atoms. The summed E-state index contributed by atoms with van der Waals surface area (Å²) in [6.45, 7) is 5.57. The van der Waals surface area contributed by atoms with Gasteiger partial charge in [0.05, 0.1) is 25.9 Å². The Morgan fingerprint density at radius 3 is 2.06 bits per heavy atom. The molecular weight excluding hydrogens is 226 g/mol. The van der Waals surface area contributed by atoms with Crippen LogP contribution in [0.2, 0.25) is 0 Å². The van der Waals surface area contributed by atoms with Crippen LogP contribution in [0.5, 0.6) is 0 Å². The molecule has 96 valence electrons. The van der Waals surface area contributed by atoms with Gasteiger partial charge in [-0.25, -0.2) is 0 Å². The lowest BCUT2D eigenvalue weighted by Gasteiger charge is -2.40. The molecular formula is C9H18B2O6. The van der Waals surface area contributed by atoms with Crippen molar-refractivity contribution in [1.82, 2.24) is 0 Å². The van der Waals surface area contributed by atoms with Gasteiger partial charge >= 0.3 is 14.0 Å². The molecule has 2 heterocycles. The van der Waals surface area contributed by atoms with E-state index in [9.17, 15) is 10.2 Å². The van der Waals surface area contributed by atoms with E-state index < -0.39 is 25.2 Å². The van der Waals surface area contributed by atoms with Crippen molar-refractivity contribution in [3.05, 3.63) is 0 Å². The van der Waals surface area contributed by atoms with Gasteiger partial charge in [0, 0.05) is 0 Å². The highest BCUT2D eigenvalue weighted by atomic mass is 16.7. The van der Waals surface area contributed by atoms with Crippen molar-refractivity contribution in [2.75, 3.05) is 19.8 Å². The fourth-order valence-electron chi connectivity index (χ4n) is 1.67. The number of aliphatic hydroxyl groups is 2. The minimum absolute atomic E-state index is 0.165. The Labute approximate surface area is 101 Å². The van der Waals surface area contributed by atoms with Gasteiger partial charge in [0.15, 0.2) is 0 Å². The molecule has 0 aromatic heterocycles. The summed E-state index contributed by atoms with van der Waals surface area (Å²) in [7, 11) is -1.32. The SMILES string of the molecule is CC1OB(B2OCC(C)(O)CO2)OCC1(C)O. The predicted octanol–water partition coefficient (Wildman–Crippen LogP) is -0.975. The van der Waals surface area contributed by atoms with Gasteiger partial charge in [-0.2, -0.15) is 0 Å². The van der Waals surface area contributed by atoms with Crippen LogP contribution in [0.3, 0.4) is 0 Å². The van der Waals surface area contributed by atoms with Crippen LogP contribution in [0.1, 0.15) is 20.8 Å². The molecule has 8 heteroatoms. The van der Waals surface area contributed by atoms with Gasteiger partial charge in [-0.3, -0.25) is 0 Å². The zero-order valence-electron chi connectivity index (χ0n) is 10.4. The largest absolute Gasteiger partial charge is 0.488 e. The maximum atomic E-state index is 9.87. The third kappa shape index (κ3) is 3.01. The highest BCUT2D eigenvalue weighted by Crippen LogP contribution is 2.24. The van der Waals surface area contributed by atoms with Crippen LogP contribution in [-0.4, -0.2) is 61.4 Å². The minimum atomic E-state index is -1.00. The Morgan fingerprint density at radius 2 is 1.53 bits per heavy atom. The summed E-state index contributed by atoms with van der Waals surface area (Å²) in [4.78, 5) is 0. The molecule has 2 aliphatic heterocycles. The van der Waals surface area contributed by atoms with Crippen LogP contribution in [0.4, 0.5) is 0 Å². The number of hydrogen-bond donors (Lipinski definition) is 2. The van der Waals surface area contributed by atoms with Gasteiger partial charge < -0.3 is 28.8 Å². The molecule has 2 saturated heterocycles. The molecule has 2 rings (SSSR count). The normalized spacial score (nSPS) is 38.3. The lowest BCUT2D eigenvalue weighted by molar-refractivity contribution is -0.113. The average molecular weight is 244 g/mol. The summed E-state index contributed by atoms with van der Waals surface area (Å²) >= 11 is 0. The Hall–Kier alpha value is -0.110. The summed E-state index contributed by atoms with van der Waals surface area (Å²) in [5.41, 5.74) is -1.97. The molecule has 0 aromatic carbocycles. The highest BCUT2D eigenvalue weighted by Gasteiger charge is 2.51. The van der Waals surface area contributed by atoms with Crippen molar-refractivity contribution >= 4 is 14.0 Å². The first-order valence-corrected chi connectivity index (χ1v) is 5.75. The van der Waals surface area contributed by atoms with E-state index in [1.807, 2.05) is 0 Å². The van der Waals surface area contributed by atoms with E-state index in [4.69, 9.17) is 18.6 Å². The molecule has 2 aliphatic rings. The van der Waals surface area contributed by atoms with Crippen LogP contribution in [0.15, 0.2) is 0 Å². The zero-order chi connectivity index (χ0) is 12.7. The molecule has 2 fully saturated rings. The van der Waals surface area contributed by atoms with E-state index >= 15 is 0 Å². The van der Waals surface area contributed by atoms with Gasteiger partial charge in [-0.15, -0.1) is 0 Å². The van der Waals surface area contributed by atoms with Crippen LogP contribution >= 0.6 is 0 Å². The molecule has 0 spiro atoms. The molecule has 0 saturated carbocycles. The Morgan fingerprint density at radius 1 is 1.00 bits per heavy atom. The lowest BCUT2D eigenvalue weighted by atomic mass is 9.47. The second kappa shape index (κ2) is 4.53. The van der Waals surface area contributed by atoms with Gasteiger partial charge in [0.2, 0.25) is 0 Å². The fraction of sp³-hybridized carbons (Fsp3) is 1.00. The summed E-state index contributed by atoms with van der Waals surface area (Å²) in [6, 6.07) is 0. The molecule has 0 bridgehead atoms. The smallest absolute Gasteiger partial charge is 0.410 e. The molecule has 2 atom stereocenters. The monoisotopic (exact) mass is 244 g/mol. The van der Waals surface area contributed by atoms with Crippen molar-refractivity contribution < 1.29 is 28.8 Å². The predicted molar refractivity (Wildman–Crippen MR) is 61.2 cm³/mol. The van der Waals surface area contributed by atoms with Crippen molar-refractivity contribution in [3.63, 3.8) is 0 Å². The van der Waals surface area contributed by atoms with Gasteiger partial charge in [-0.05, 0) is 20.8 Å². The topological polar surface area (TPSA) is 77.4 Å².